The monoisotopic (exact) mass is 427 g/mol. The lowest BCUT2D eigenvalue weighted by atomic mass is 9.63. The van der Waals surface area contributed by atoms with Crippen LogP contribution in [-0.4, -0.2) is 24.3 Å². The second-order valence-corrected chi connectivity index (χ2v) is 8.72. The summed E-state index contributed by atoms with van der Waals surface area (Å²) in [5.41, 5.74) is 6.75. The number of anilines is 1. The van der Waals surface area contributed by atoms with Crippen molar-refractivity contribution in [2.45, 2.75) is 46.1 Å². The highest BCUT2D eigenvalue weighted by atomic mass is 16.1. The first-order valence-corrected chi connectivity index (χ1v) is 11.6. The smallest absolute Gasteiger partial charge is 0.248 e. The number of aromatic amines is 1. The van der Waals surface area contributed by atoms with Gasteiger partial charge in [-0.3, -0.25) is 9.79 Å². The quantitative estimate of drug-likeness (QED) is 0.477. The maximum absolute atomic E-state index is 12.0. The van der Waals surface area contributed by atoms with Gasteiger partial charge in [-0.25, -0.2) is 0 Å². The van der Waals surface area contributed by atoms with E-state index < -0.39 is 5.54 Å². The molecule has 0 amide bonds. The normalized spacial score (nSPS) is 23.6. The molecular weight excluding hydrogens is 394 g/mol. The van der Waals surface area contributed by atoms with Gasteiger partial charge in [-0.2, -0.15) is 0 Å². The van der Waals surface area contributed by atoms with Gasteiger partial charge >= 0.3 is 0 Å². The van der Waals surface area contributed by atoms with E-state index in [1.54, 1.807) is 6.07 Å². The molecule has 4 nitrogen and oxygen atoms in total. The van der Waals surface area contributed by atoms with E-state index in [2.05, 4.69) is 80.1 Å². The van der Waals surface area contributed by atoms with Gasteiger partial charge in [-0.1, -0.05) is 35.9 Å². The predicted octanol–water partition coefficient (Wildman–Crippen LogP) is 5.67. The summed E-state index contributed by atoms with van der Waals surface area (Å²) in [6.45, 7) is 10.6. The SMILES string of the molecule is CC=C1[C@H]2C=C(C)C[C@]1(N=CC=Cc1cccc(N(CC)CC)c1)c1ccc(=O)[nH]c1C2. The number of allylic oxidation sites excluding steroid dienone is 3. The summed E-state index contributed by atoms with van der Waals surface area (Å²) in [4.78, 5) is 22.6. The summed E-state index contributed by atoms with van der Waals surface area (Å²) >= 11 is 0. The van der Waals surface area contributed by atoms with Gasteiger partial charge < -0.3 is 9.88 Å². The van der Waals surface area contributed by atoms with Crippen LogP contribution in [0.5, 0.6) is 0 Å². The molecule has 4 rings (SSSR count). The molecule has 0 radical (unpaired) electrons. The summed E-state index contributed by atoms with van der Waals surface area (Å²) in [6.07, 6.45) is 12.3. The molecule has 1 aromatic heterocycles. The third-order valence-corrected chi connectivity index (χ3v) is 6.75. The summed E-state index contributed by atoms with van der Waals surface area (Å²) in [7, 11) is 0. The van der Waals surface area contributed by atoms with Gasteiger partial charge in [-0.05, 0) is 69.5 Å². The highest BCUT2D eigenvalue weighted by molar-refractivity contribution is 5.80. The molecule has 0 spiro atoms. The van der Waals surface area contributed by atoms with Crippen molar-refractivity contribution in [2.24, 2.45) is 10.9 Å². The first-order valence-electron chi connectivity index (χ1n) is 11.6. The Labute approximate surface area is 191 Å². The van der Waals surface area contributed by atoms with Crippen LogP contribution in [0.3, 0.4) is 0 Å². The fourth-order valence-corrected chi connectivity index (χ4v) is 5.39. The maximum Gasteiger partial charge on any atom is 0.248 e. The minimum Gasteiger partial charge on any atom is -0.372 e. The number of hydrogen-bond acceptors (Lipinski definition) is 3. The van der Waals surface area contributed by atoms with Crippen molar-refractivity contribution in [3.05, 3.63) is 92.9 Å². The fourth-order valence-electron chi connectivity index (χ4n) is 5.39. The highest BCUT2D eigenvalue weighted by Crippen LogP contribution is 2.51. The van der Waals surface area contributed by atoms with Crippen LogP contribution in [0.25, 0.3) is 6.08 Å². The van der Waals surface area contributed by atoms with Crippen molar-refractivity contribution >= 4 is 18.0 Å². The van der Waals surface area contributed by atoms with E-state index in [4.69, 9.17) is 4.99 Å². The number of fused-ring (bicyclic) bond motifs is 4. The molecular formula is C28H33N3O. The number of nitrogens with one attached hydrogen (secondary N) is 1. The maximum atomic E-state index is 12.0. The lowest BCUT2D eigenvalue weighted by Crippen LogP contribution is -2.40. The van der Waals surface area contributed by atoms with E-state index >= 15 is 0 Å². The van der Waals surface area contributed by atoms with Crippen molar-refractivity contribution in [1.29, 1.82) is 0 Å². The van der Waals surface area contributed by atoms with E-state index in [1.807, 2.05) is 18.4 Å². The number of H-pyrrole nitrogens is 1. The Hall–Kier alpha value is -3.14. The lowest BCUT2D eigenvalue weighted by Gasteiger charge is -2.45. The van der Waals surface area contributed by atoms with Crippen molar-refractivity contribution in [3.8, 4) is 0 Å². The van der Waals surface area contributed by atoms with E-state index in [0.29, 0.717) is 0 Å². The molecule has 1 N–H and O–H groups in total. The second kappa shape index (κ2) is 9.15. The number of rotatable bonds is 6. The van der Waals surface area contributed by atoms with Crippen molar-refractivity contribution in [1.82, 2.24) is 4.98 Å². The van der Waals surface area contributed by atoms with Crippen LogP contribution < -0.4 is 10.5 Å². The molecule has 1 heterocycles. The Morgan fingerprint density at radius 1 is 1.22 bits per heavy atom. The molecule has 166 valence electrons. The Bertz CT molecular complexity index is 1160. The number of nitrogens with zero attached hydrogens (tertiary/aromatic N) is 2. The largest absolute Gasteiger partial charge is 0.372 e. The third-order valence-electron chi connectivity index (χ3n) is 6.75. The number of benzene rings is 1. The van der Waals surface area contributed by atoms with Crippen LogP contribution in [-0.2, 0) is 12.0 Å². The van der Waals surface area contributed by atoms with Crippen LogP contribution in [0.4, 0.5) is 5.69 Å². The number of aliphatic imine (C=N–C) groups is 1. The minimum atomic E-state index is -0.441. The fraction of sp³-hybridized carbons (Fsp3) is 0.357. The first kappa shape index (κ1) is 22.1. The van der Waals surface area contributed by atoms with Gasteiger partial charge in [0.15, 0.2) is 0 Å². The molecule has 2 aliphatic carbocycles. The highest BCUT2D eigenvalue weighted by Gasteiger charge is 2.46. The Kier molecular flexibility index (Phi) is 6.31. The van der Waals surface area contributed by atoms with Gasteiger partial charge in [0.25, 0.3) is 0 Å². The third kappa shape index (κ3) is 4.02. The summed E-state index contributed by atoms with van der Waals surface area (Å²) < 4.78 is 0. The summed E-state index contributed by atoms with van der Waals surface area (Å²) in [5.74, 6) is 0.284. The van der Waals surface area contributed by atoms with Crippen LogP contribution in [0.15, 0.2) is 75.6 Å². The molecule has 2 atom stereocenters. The van der Waals surface area contributed by atoms with Gasteiger partial charge in [0.1, 0.15) is 5.54 Å². The second-order valence-electron chi connectivity index (χ2n) is 8.72. The molecule has 2 aliphatic rings. The van der Waals surface area contributed by atoms with Crippen LogP contribution in [0.1, 0.15) is 50.9 Å². The molecule has 0 saturated heterocycles. The zero-order valence-corrected chi connectivity index (χ0v) is 19.6. The summed E-state index contributed by atoms with van der Waals surface area (Å²) in [6, 6.07) is 12.2. The molecule has 0 aliphatic heterocycles. The molecule has 1 aromatic carbocycles. The van der Waals surface area contributed by atoms with Gasteiger partial charge in [-0.15, -0.1) is 0 Å². The lowest BCUT2D eigenvalue weighted by molar-refractivity contribution is 0.413. The zero-order valence-electron chi connectivity index (χ0n) is 19.6. The average molecular weight is 428 g/mol. The van der Waals surface area contributed by atoms with Crippen LogP contribution in [0, 0.1) is 5.92 Å². The number of aromatic nitrogens is 1. The number of pyridine rings is 1. The van der Waals surface area contributed by atoms with Gasteiger partial charge in [0, 0.05) is 54.7 Å². The topological polar surface area (TPSA) is 48.5 Å². The molecule has 0 unspecified atom stereocenters. The first-order chi connectivity index (χ1) is 15.5. The Morgan fingerprint density at radius 3 is 2.78 bits per heavy atom. The molecule has 2 aromatic rings. The van der Waals surface area contributed by atoms with Gasteiger partial charge in [0.05, 0.1) is 0 Å². The molecule has 0 fully saturated rings. The Balaban J connectivity index is 1.69. The molecule has 0 saturated carbocycles. The van der Waals surface area contributed by atoms with Crippen LogP contribution in [0.2, 0.25) is 0 Å². The van der Waals surface area contributed by atoms with E-state index in [1.165, 1.54) is 16.8 Å². The average Bonchev–Trinajstić information content (AvgIpc) is 2.77. The Morgan fingerprint density at radius 2 is 2.03 bits per heavy atom. The summed E-state index contributed by atoms with van der Waals surface area (Å²) in [5, 5.41) is 0. The molecule has 2 bridgehead atoms. The van der Waals surface area contributed by atoms with Crippen LogP contribution >= 0.6 is 0 Å². The van der Waals surface area contributed by atoms with E-state index in [0.717, 1.165) is 42.8 Å². The van der Waals surface area contributed by atoms with Crippen molar-refractivity contribution in [2.75, 3.05) is 18.0 Å². The van der Waals surface area contributed by atoms with Gasteiger partial charge in [0.2, 0.25) is 5.56 Å². The molecule has 4 heteroatoms. The number of hydrogen-bond donors (Lipinski definition) is 1. The van der Waals surface area contributed by atoms with Crippen molar-refractivity contribution in [3.63, 3.8) is 0 Å². The minimum absolute atomic E-state index is 0.0430. The van der Waals surface area contributed by atoms with E-state index in [-0.39, 0.29) is 11.5 Å². The predicted molar refractivity (Wildman–Crippen MR) is 136 cm³/mol. The standard InChI is InChI=1S/C28H33N3O/c1-5-24-22-16-20(4)19-28(24,25-13-14-27(32)30-26(25)18-22)29-15-9-11-21-10-8-12-23(17-21)31(6-2)7-3/h5,8-17,22H,6-7,18-19H2,1-4H3,(H,30,32)/t22-,28+/m0/s1. The zero-order chi connectivity index (χ0) is 22.7. The van der Waals surface area contributed by atoms with E-state index in [9.17, 15) is 4.79 Å². The van der Waals surface area contributed by atoms with Crippen molar-refractivity contribution < 1.29 is 0 Å². The molecule has 32 heavy (non-hydrogen) atoms.